The lowest BCUT2D eigenvalue weighted by atomic mass is 10.1. The minimum atomic E-state index is 0.919. The number of rotatable bonds is 4. The first-order valence-corrected chi connectivity index (χ1v) is 5.53. The van der Waals surface area contributed by atoms with Gasteiger partial charge in [0.1, 0.15) is 0 Å². The van der Waals surface area contributed by atoms with Gasteiger partial charge in [0, 0.05) is 31.2 Å². The Balaban J connectivity index is 1.95. The highest BCUT2D eigenvalue weighted by atomic mass is 15.0. The van der Waals surface area contributed by atoms with Gasteiger partial charge in [-0.1, -0.05) is 18.2 Å². The summed E-state index contributed by atoms with van der Waals surface area (Å²) in [5.41, 5.74) is 3.85. The van der Waals surface area contributed by atoms with E-state index in [1.807, 2.05) is 12.5 Å². The molecule has 1 aromatic carbocycles. The van der Waals surface area contributed by atoms with E-state index >= 15 is 0 Å². The van der Waals surface area contributed by atoms with Gasteiger partial charge in [-0.2, -0.15) is 0 Å². The molecule has 3 heteroatoms. The van der Waals surface area contributed by atoms with Gasteiger partial charge in [-0.3, -0.25) is 0 Å². The lowest BCUT2D eigenvalue weighted by Gasteiger charge is -2.12. The molecule has 0 bridgehead atoms. The van der Waals surface area contributed by atoms with E-state index in [0.29, 0.717) is 0 Å². The summed E-state index contributed by atoms with van der Waals surface area (Å²) in [5, 5.41) is 3.47. The summed E-state index contributed by atoms with van der Waals surface area (Å²) in [5.74, 6) is 0. The largest absolute Gasteiger partial charge is 0.383 e. The molecule has 2 aromatic rings. The quantitative estimate of drug-likeness (QED) is 0.849. The highest BCUT2D eigenvalue weighted by molar-refractivity contribution is 5.56. The molecule has 0 fully saturated rings. The van der Waals surface area contributed by atoms with Crippen LogP contribution in [0.25, 0.3) is 0 Å². The Morgan fingerprint density at radius 1 is 1.25 bits per heavy atom. The van der Waals surface area contributed by atoms with Crippen molar-refractivity contribution in [2.75, 3.05) is 11.9 Å². The molecule has 84 valence electrons. The molecule has 0 unspecified atom stereocenters. The van der Waals surface area contributed by atoms with Crippen molar-refractivity contribution in [3.63, 3.8) is 0 Å². The molecule has 0 saturated heterocycles. The smallest absolute Gasteiger partial charge is 0.0946 e. The Hall–Kier alpha value is -1.77. The number of hydrogen-bond donors (Lipinski definition) is 1. The third-order valence-corrected chi connectivity index (χ3v) is 2.71. The summed E-state index contributed by atoms with van der Waals surface area (Å²) in [6, 6.07) is 6.35. The first kappa shape index (κ1) is 10.7. The highest BCUT2D eigenvalue weighted by Gasteiger charge is 2.00. The van der Waals surface area contributed by atoms with Gasteiger partial charge in [-0.15, -0.1) is 0 Å². The molecule has 2 rings (SSSR count). The zero-order valence-electron chi connectivity index (χ0n) is 9.77. The van der Waals surface area contributed by atoms with Gasteiger partial charge in [-0.05, 0) is 25.0 Å². The van der Waals surface area contributed by atoms with Crippen molar-refractivity contribution in [1.82, 2.24) is 9.55 Å². The van der Waals surface area contributed by atoms with Crippen molar-refractivity contribution in [2.24, 2.45) is 0 Å². The summed E-state index contributed by atoms with van der Waals surface area (Å²) in [6.07, 6.45) is 5.62. The van der Waals surface area contributed by atoms with Crippen LogP contribution in [0.15, 0.2) is 36.9 Å². The van der Waals surface area contributed by atoms with Crippen LogP contribution in [0.1, 0.15) is 11.1 Å². The maximum atomic E-state index is 4.02. The Bertz CT molecular complexity index is 426. The maximum absolute atomic E-state index is 4.02. The van der Waals surface area contributed by atoms with Gasteiger partial charge >= 0.3 is 0 Å². The minimum absolute atomic E-state index is 0.919. The molecule has 3 nitrogen and oxygen atoms in total. The lowest BCUT2D eigenvalue weighted by Crippen LogP contribution is -2.10. The fourth-order valence-electron chi connectivity index (χ4n) is 1.82. The van der Waals surface area contributed by atoms with Gasteiger partial charge in [0.15, 0.2) is 0 Å². The molecule has 0 aliphatic rings. The van der Waals surface area contributed by atoms with Crippen molar-refractivity contribution in [3.8, 4) is 0 Å². The number of aromatic nitrogens is 2. The van der Waals surface area contributed by atoms with Crippen LogP contribution in [-0.2, 0) is 6.54 Å². The Labute approximate surface area is 96.1 Å². The van der Waals surface area contributed by atoms with Crippen LogP contribution < -0.4 is 5.32 Å². The van der Waals surface area contributed by atoms with Crippen LogP contribution in [0.3, 0.4) is 0 Å². The molecular weight excluding hydrogens is 198 g/mol. The fraction of sp³-hybridized carbons (Fsp3) is 0.308. The van der Waals surface area contributed by atoms with Crippen molar-refractivity contribution < 1.29 is 0 Å². The van der Waals surface area contributed by atoms with Gasteiger partial charge in [0.2, 0.25) is 0 Å². The predicted octanol–water partition coefficient (Wildman–Crippen LogP) is 2.61. The molecule has 1 heterocycles. The molecule has 1 aromatic heterocycles. The van der Waals surface area contributed by atoms with Crippen molar-refractivity contribution >= 4 is 5.69 Å². The van der Waals surface area contributed by atoms with Crippen molar-refractivity contribution in [2.45, 2.75) is 20.4 Å². The van der Waals surface area contributed by atoms with Crippen LogP contribution in [0.2, 0.25) is 0 Å². The number of imidazole rings is 1. The predicted molar refractivity (Wildman–Crippen MR) is 66.6 cm³/mol. The second-order valence-electron chi connectivity index (χ2n) is 3.99. The average Bonchev–Trinajstić information content (AvgIpc) is 2.75. The molecule has 0 aliphatic carbocycles. The van der Waals surface area contributed by atoms with E-state index in [1.165, 1.54) is 16.8 Å². The molecule has 0 aliphatic heterocycles. The van der Waals surface area contributed by atoms with E-state index in [0.717, 1.165) is 13.1 Å². The molecular formula is C13H17N3. The van der Waals surface area contributed by atoms with Gasteiger partial charge in [0.05, 0.1) is 6.33 Å². The Kier molecular flexibility index (Phi) is 3.25. The standard InChI is InChI=1S/C13H17N3/c1-11-4-3-5-12(2)13(11)15-7-9-16-8-6-14-10-16/h3-6,8,10,15H,7,9H2,1-2H3. The van der Waals surface area contributed by atoms with E-state index in [9.17, 15) is 0 Å². The summed E-state index contributed by atoms with van der Waals surface area (Å²) >= 11 is 0. The minimum Gasteiger partial charge on any atom is -0.383 e. The number of anilines is 1. The molecule has 0 saturated carbocycles. The summed E-state index contributed by atoms with van der Waals surface area (Å²) < 4.78 is 2.07. The molecule has 0 amide bonds. The van der Waals surface area contributed by atoms with E-state index in [1.54, 1.807) is 6.20 Å². The molecule has 0 radical (unpaired) electrons. The SMILES string of the molecule is Cc1cccc(C)c1NCCn1ccnc1. The Morgan fingerprint density at radius 3 is 2.62 bits per heavy atom. The van der Waals surface area contributed by atoms with Crippen LogP contribution in [0, 0.1) is 13.8 Å². The first-order valence-electron chi connectivity index (χ1n) is 5.53. The normalized spacial score (nSPS) is 10.4. The third kappa shape index (κ3) is 2.42. The zero-order valence-corrected chi connectivity index (χ0v) is 9.77. The Morgan fingerprint density at radius 2 is 2.00 bits per heavy atom. The van der Waals surface area contributed by atoms with E-state index in [-0.39, 0.29) is 0 Å². The lowest BCUT2D eigenvalue weighted by molar-refractivity contribution is 0.726. The fourth-order valence-corrected chi connectivity index (χ4v) is 1.82. The maximum Gasteiger partial charge on any atom is 0.0946 e. The summed E-state index contributed by atoms with van der Waals surface area (Å²) in [6.45, 7) is 6.12. The van der Waals surface area contributed by atoms with E-state index < -0.39 is 0 Å². The number of para-hydroxylation sites is 1. The van der Waals surface area contributed by atoms with Crippen molar-refractivity contribution in [3.05, 3.63) is 48.0 Å². The molecule has 16 heavy (non-hydrogen) atoms. The van der Waals surface area contributed by atoms with Gasteiger partial charge in [0.25, 0.3) is 0 Å². The van der Waals surface area contributed by atoms with E-state index in [4.69, 9.17) is 0 Å². The molecule has 0 spiro atoms. The van der Waals surface area contributed by atoms with Crippen LogP contribution >= 0.6 is 0 Å². The number of nitrogens with one attached hydrogen (secondary N) is 1. The first-order chi connectivity index (χ1) is 7.77. The summed E-state index contributed by atoms with van der Waals surface area (Å²) in [7, 11) is 0. The van der Waals surface area contributed by atoms with Crippen LogP contribution in [-0.4, -0.2) is 16.1 Å². The second-order valence-corrected chi connectivity index (χ2v) is 3.99. The molecule has 0 atom stereocenters. The van der Waals surface area contributed by atoms with Gasteiger partial charge in [-0.25, -0.2) is 4.98 Å². The number of benzene rings is 1. The summed E-state index contributed by atoms with van der Waals surface area (Å²) in [4.78, 5) is 4.02. The van der Waals surface area contributed by atoms with Gasteiger partial charge < -0.3 is 9.88 Å². The van der Waals surface area contributed by atoms with Crippen molar-refractivity contribution in [1.29, 1.82) is 0 Å². The number of nitrogens with zero attached hydrogens (tertiary/aromatic N) is 2. The zero-order chi connectivity index (χ0) is 11.4. The van der Waals surface area contributed by atoms with Crippen LogP contribution in [0.5, 0.6) is 0 Å². The highest BCUT2D eigenvalue weighted by Crippen LogP contribution is 2.18. The third-order valence-electron chi connectivity index (χ3n) is 2.71. The second kappa shape index (κ2) is 4.84. The number of aryl methyl sites for hydroxylation is 2. The topological polar surface area (TPSA) is 29.9 Å². The number of hydrogen-bond acceptors (Lipinski definition) is 2. The average molecular weight is 215 g/mol. The molecule has 1 N–H and O–H groups in total. The van der Waals surface area contributed by atoms with Crippen LogP contribution in [0.4, 0.5) is 5.69 Å². The monoisotopic (exact) mass is 215 g/mol. The van der Waals surface area contributed by atoms with E-state index in [2.05, 4.69) is 46.9 Å².